The molecule has 0 radical (unpaired) electrons. The Kier molecular flexibility index (Phi) is 3.52. The zero-order valence-corrected chi connectivity index (χ0v) is 11.6. The van der Waals surface area contributed by atoms with Gasteiger partial charge in [0.05, 0.1) is 11.0 Å². The summed E-state index contributed by atoms with van der Waals surface area (Å²) in [5.74, 6) is 1.00. The van der Waals surface area contributed by atoms with Gasteiger partial charge in [-0.1, -0.05) is 36.4 Å². The molecule has 0 aliphatic rings. The molecule has 3 aromatic rings. The molecule has 3 rings (SSSR count). The van der Waals surface area contributed by atoms with Crippen molar-refractivity contribution in [1.82, 2.24) is 9.97 Å². The summed E-state index contributed by atoms with van der Waals surface area (Å²) in [6, 6.07) is 16.9. The molecule has 0 fully saturated rings. The normalized spacial score (nSPS) is 12.7. The summed E-state index contributed by atoms with van der Waals surface area (Å²) < 4.78 is 0. The van der Waals surface area contributed by atoms with Gasteiger partial charge in [0, 0.05) is 12.5 Å². The molecular formula is C17H19N3. The number of rotatable bonds is 4. The van der Waals surface area contributed by atoms with Gasteiger partial charge in [0.1, 0.15) is 5.82 Å². The maximum atomic E-state index is 5.85. The molecule has 102 valence electrons. The van der Waals surface area contributed by atoms with Crippen molar-refractivity contribution in [2.45, 2.75) is 25.8 Å². The van der Waals surface area contributed by atoms with E-state index in [9.17, 15) is 0 Å². The number of hydrogen-bond acceptors (Lipinski definition) is 2. The van der Waals surface area contributed by atoms with Crippen LogP contribution in [0.2, 0.25) is 0 Å². The Labute approximate surface area is 118 Å². The monoisotopic (exact) mass is 265 g/mol. The Balaban J connectivity index is 1.87. The molecule has 1 unspecified atom stereocenters. The molecule has 3 nitrogen and oxygen atoms in total. The third kappa shape index (κ3) is 2.89. The lowest BCUT2D eigenvalue weighted by Crippen LogP contribution is -2.17. The van der Waals surface area contributed by atoms with E-state index in [4.69, 9.17) is 5.73 Å². The van der Waals surface area contributed by atoms with E-state index in [2.05, 4.69) is 52.4 Å². The first-order valence-electron chi connectivity index (χ1n) is 6.98. The van der Waals surface area contributed by atoms with E-state index < -0.39 is 0 Å². The summed E-state index contributed by atoms with van der Waals surface area (Å²) in [6.45, 7) is 2.03. The minimum absolute atomic E-state index is 0.180. The zero-order chi connectivity index (χ0) is 13.9. The van der Waals surface area contributed by atoms with Crippen molar-refractivity contribution in [3.05, 3.63) is 65.5 Å². The number of H-pyrrole nitrogens is 1. The summed E-state index contributed by atoms with van der Waals surface area (Å²) in [5.41, 5.74) is 10.5. The van der Waals surface area contributed by atoms with Gasteiger partial charge in [-0.25, -0.2) is 4.98 Å². The molecule has 3 N–H and O–H groups in total. The van der Waals surface area contributed by atoms with Gasteiger partial charge >= 0.3 is 0 Å². The van der Waals surface area contributed by atoms with Gasteiger partial charge in [-0.05, 0) is 36.6 Å². The highest BCUT2D eigenvalue weighted by Gasteiger charge is 2.05. The molecule has 0 saturated carbocycles. The smallest absolute Gasteiger partial charge is 0.111 e. The van der Waals surface area contributed by atoms with Gasteiger partial charge in [-0.15, -0.1) is 0 Å². The van der Waals surface area contributed by atoms with Crippen LogP contribution in [0, 0.1) is 0 Å². The maximum Gasteiger partial charge on any atom is 0.111 e. The number of nitrogens with two attached hydrogens (primary N) is 1. The molecule has 20 heavy (non-hydrogen) atoms. The van der Waals surface area contributed by atoms with E-state index in [0.29, 0.717) is 0 Å². The van der Waals surface area contributed by atoms with Gasteiger partial charge in [-0.2, -0.15) is 0 Å². The van der Waals surface area contributed by atoms with Crippen molar-refractivity contribution in [3.8, 4) is 0 Å². The number of imidazole rings is 1. The van der Waals surface area contributed by atoms with Crippen molar-refractivity contribution in [2.75, 3.05) is 0 Å². The zero-order valence-electron chi connectivity index (χ0n) is 11.6. The average Bonchev–Trinajstić information content (AvgIpc) is 2.80. The number of nitrogens with one attached hydrogen (secondary N) is 1. The second kappa shape index (κ2) is 5.47. The van der Waals surface area contributed by atoms with Crippen molar-refractivity contribution >= 4 is 11.0 Å². The fourth-order valence-corrected chi connectivity index (χ4v) is 2.48. The minimum Gasteiger partial charge on any atom is -0.342 e. The summed E-state index contributed by atoms with van der Waals surface area (Å²) in [5, 5.41) is 0. The number of aromatic amines is 1. The molecular weight excluding hydrogens is 246 g/mol. The third-order valence-corrected chi connectivity index (χ3v) is 3.37. The quantitative estimate of drug-likeness (QED) is 0.761. The Bertz CT molecular complexity index is 699. The molecule has 3 heteroatoms. The van der Waals surface area contributed by atoms with Crippen LogP contribution >= 0.6 is 0 Å². The average molecular weight is 265 g/mol. The molecule has 1 heterocycles. The molecule has 1 aromatic heterocycles. The van der Waals surface area contributed by atoms with E-state index in [-0.39, 0.29) is 6.04 Å². The largest absolute Gasteiger partial charge is 0.342 e. The molecule has 2 aromatic carbocycles. The molecule has 0 aliphatic heterocycles. The topological polar surface area (TPSA) is 54.7 Å². The summed E-state index contributed by atoms with van der Waals surface area (Å²) in [7, 11) is 0. The van der Waals surface area contributed by atoms with E-state index in [0.717, 1.165) is 29.7 Å². The summed E-state index contributed by atoms with van der Waals surface area (Å²) in [4.78, 5) is 8.05. The van der Waals surface area contributed by atoms with Crippen LogP contribution in [-0.4, -0.2) is 16.0 Å². The predicted molar refractivity (Wildman–Crippen MR) is 82.7 cm³/mol. The van der Waals surface area contributed by atoms with E-state index in [1.54, 1.807) is 0 Å². The van der Waals surface area contributed by atoms with Crippen LogP contribution in [0.25, 0.3) is 11.0 Å². The fraction of sp³-hybridized carbons (Fsp3) is 0.235. The van der Waals surface area contributed by atoms with Gasteiger partial charge in [-0.3, -0.25) is 0 Å². The Morgan fingerprint density at radius 1 is 1.10 bits per heavy atom. The second-order valence-electron chi connectivity index (χ2n) is 5.38. The number of aromatic nitrogens is 2. The Hall–Kier alpha value is -2.13. The van der Waals surface area contributed by atoms with Crippen LogP contribution in [0.5, 0.6) is 0 Å². The number of benzene rings is 2. The lowest BCUT2D eigenvalue weighted by atomic mass is 10.1. The van der Waals surface area contributed by atoms with Gasteiger partial charge in [0.25, 0.3) is 0 Å². The summed E-state index contributed by atoms with van der Waals surface area (Å²) in [6.07, 6.45) is 1.72. The Morgan fingerprint density at radius 3 is 2.65 bits per heavy atom. The lowest BCUT2D eigenvalue weighted by Gasteiger charge is -2.04. The molecule has 1 atom stereocenters. The highest BCUT2D eigenvalue weighted by molar-refractivity contribution is 5.76. The van der Waals surface area contributed by atoms with E-state index in [1.165, 1.54) is 11.1 Å². The first-order chi connectivity index (χ1) is 9.70. The van der Waals surface area contributed by atoms with Gasteiger partial charge in [0.15, 0.2) is 0 Å². The van der Waals surface area contributed by atoms with Crippen LogP contribution in [0.1, 0.15) is 23.9 Å². The molecule has 0 spiro atoms. The number of fused-ring (bicyclic) bond motifs is 1. The summed E-state index contributed by atoms with van der Waals surface area (Å²) >= 11 is 0. The van der Waals surface area contributed by atoms with Crippen LogP contribution in [0.3, 0.4) is 0 Å². The first-order valence-corrected chi connectivity index (χ1v) is 6.98. The lowest BCUT2D eigenvalue weighted by molar-refractivity contribution is 0.739. The Morgan fingerprint density at radius 2 is 1.90 bits per heavy atom. The van der Waals surface area contributed by atoms with Gasteiger partial charge in [0.2, 0.25) is 0 Å². The molecule has 0 aliphatic carbocycles. The molecule has 0 amide bonds. The van der Waals surface area contributed by atoms with Crippen LogP contribution in [0.15, 0.2) is 48.5 Å². The van der Waals surface area contributed by atoms with E-state index in [1.807, 2.05) is 13.0 Å². The highest BCUT2D eigenvalue weighted by atomic mass is 14.9. The van der Waals surface area contributed by atoms with Crippen molar-refractivity contribution in [3.63, 3.8) is 0 Å². The standard InChI is InChI=1S/C17H19N3/c1-12(18)9-14-7-8-15-16(10-14)20-17(19-15)11-13-5-3-2-4-6-13/h2-8,10,12H,9,11,18H2,1H3,(H,19,20). The van der Waals surface area contributed by atoms with Gasteiger partial charge < -0.3 is 10.7 Å². The van der Waals surface area contributed by atoms with Crippen molar-refractivity contribution in [1.29, 1.82) is 0 Å². The van der Waals surface area contributed by atoms with E-state index >= 15 is 0 Å². The third-order valence-electron chi connectivity index (χ3n) is 3.37. The first kappa shape index (κ1) is 12.9. The SMILES string of the molecule is CC(N)Cc1ccc2nc(Cc3ccccc3)[nH]c2c1. The molecule has 0 saturated heterocycles. The highest BCUT2D eigenvalue weighted by Crippen LogP contribution is 2.16. The fourth-order valence-electron chi connectivity index (χ4n) is 2.48. The van der Waals surface area contributed by atoms with Crippen LogP contribution in [-0.2, 0) is 12.8 Å². The van der Waals surface area contributed by atoms with Crippen molar-refractivity contribution in [2.24, 2.45) is 5.73 Å². The predicted octanol–water partition coefficient (Wildman–Crippen LogP) is 3.04. The van der Waals surface area contributed by atoms with Crippen LogP contribution < -0.4 is 5.73 Å². The second-order valence-corrected chi connectivity index (χ2v) is 5.38. The minimum atomic E-state index is 0.180. The number of nitrogens with zero attached hydrogens (tertiary/aromatic N) is 1. The molecule has 0 bridgehead atoms. The number of hydrogen-bond donors (Lipinski definition) is 2. The van der Waals surface area contributed by atoms with Crippen molar-refractivity contribution < 1.29 is 0 Å². The van der Waals surface area contributed by atoms with Crippen LogP contribution in [0.4, 0.5) is 0 Å². The maximum absolute atomic E-state index is 5.85.